The van der Waals surface area contributed by atoms with E-state index < -0.39 is 8.32 Å². The second kappa shape index (κ2) is 6.52. The van der Waals surface area contributed by atoms with Gasteiger partial charge in [-0.05, 0) is 0 Å². The second-order valence-electron chi connectivity index (χ2n) is 5.91. The molecule has 0 saturated heterocycles. The minimum atomic E-state index is -1.78. The van der Waals surface area contributed by atoms with Crippen molar-refractivity contribution in [3.8, 4) is 5.75 Å². The van der Waals surface area contributed by atoms with Crippen molar-refractivity contribution in [3.63, 3.8) is 0 Å². The first-order chi connectivity index (χ1) is 8.30. The molecule has 1 nitrogen and oxygen atoms in total. The fourth-order valence-electron chi connectivity index (χ4n) is 3.07. The molecule has 0 atom stereocenters. The van der Waals surface area contributed by atoms with E-state index in [9.17, 15) is 0 Å². The van der Waals surface area contributed by atoms with Crippen LogP contribution in [0, 0.1) is 0 Å². The van der Waals surface area contributed by atoms with Gasteiger partial charge in [0.15, 0.2) is 0 Å². The molecule has 0 unspecified atom stereocenters. The van der Waals surface area contributed by atoms with Gasteiger partial charge in [-0.25, -0.2) is 0 Å². The first-order valence-corrected chi connectivity index (χ1v) is 10.7. The number of benzene rings is 1. The third-order valence-electron chi connectivity index (χ3n) is 3.84. The molecule has 1 rings (SSSR count). The molecule has 0 amide bonds. The van der Waals surface area contributed by atoms with Crippen LogP contribution in [0.5, 0.6) is 5.75 Å². The van der Waals surface area contributed by atoms with Gasteiger partial charge in [-0.2, -0.15) is 0 Å². The molecule has 1 aromatic rings. The molecule has 0 fully saturated rings. The SMILES string of the molecule is CC(C)[Si](Oc1cc[c]([Bi])cc1)(C(C)C)C(C)C. The van der Waals surface area contributed by atoms with Crippen molar-refractivity contribution in [3.05, 3.63) is 24.3 Å². The first-order valence-electron chi connectivity index (χ1n) is 6.78. The third-order valence-corrected chi connectivity index (χ3v) is 11.0. The Morgan fingerprint density at radius 1 is 0.833 bits per heavy atom. The van der Waals surface area contributed by atoms with E-state index in [1.807, 2.05) is 0 Å². The molecule has 100 valence electrons. The van der Waals surface area contributed by atoms with Gasteiger partial charge in [0.25, 0.3) is 0 Å². The molecule has 0 bridgehead atoms. The van der Waals surface area contributed by atoms with Gasteiger partial charge >= 0.3 is 129 Å². The topological polar surface area (TPSA) is 9.23 Å². The predicted octanol–water partition coefficient (Wildman–Crippen LogP) is 4.03. The molecular formula is C15H25BiOSi. The average molecular weight is 458 g/mol. The molecule has 0 aliphatic heterocycles. The predicted molar refractivity (Wildman–Crippen MR) is 83.5 cm³/mol. The summed E-state index contributed by atoms with van der Waals surface area (Å²) in [7, 11) is -1.78. The van der Waals surface area contributed by atoms with Gasteiger partial charge in [-0.1, -0.05) is 0 Å². The molecule has 0 heterocycles. The van der Waals surface area contributed by atoms with Crippen LogP contribution in [-0.4, -0.2) is 33.0 Å². The van der Waals surface area contributed by atoms with Crippen LogP contribution >= 0.6 is 0 Å². The summed E-state index contributed by atoms with van der Waals surface area (Å²) in [5, 5.41) is 0. The zero-order valence-corrected chi connectivity index (χ0v) is 16.9. The number of hydrogen-bond acceptors (Lipinski definition) is 1. The van der Waals surface area contributed by atoms with Gasteiger partial charge < -0.3 is 0 Å². The van der Waals surface area contributed by atoms with Crippen molar-refractivity contribution < 1.29 is 4.43 Å². The molecule has 0 N–H and O–H groups in total. The summed E-state index contributed by atoms with van der Waals surface area (Å²) in [6, 6.07) is 8.65. The Kier molecular flexibility index (Phi) is 5.86. The van der Waals surface area contributed by atoms with Gasteiger partial charge in [0.05, 0.1) is 0 Å². The maximum atomic E-state index is 6.59. The van der Waals surface area contributed by atoms with Crippen molar-refractivity contribution in [2.45, 2.75) is 58.2 Å². The number of rotatable bonds is 5. The third kappa shape index (κ3) is 3.36. The Balaban J connectivity index is 3.08. The van der Waals surface area contributed by atoms with Gasteiger partial charge in [0, 0.05) is 0 Å². The van der Waals surface area contributed by atoms with Crippen molar-refractivity contribution in [2.24, 2.45) is 0 Å². The zero-order chi connectivity index (χ0) is 13.9. The van der Waals surface area contributed by atoms with E-state index in [0.717, 1.165) is 5.75 Å². The van der Waals surface area contributed by atoms with E-state index in [1.54, 1.807) is 0 Å². The van der Waals surface area contributed by atoms with E-state index in [4.69, 9.17) is 4.43 Å². The van der Waals surface area contributed by atoms with E-state index in [2.05, 4.69) is 65.8 Å². The van der Waals surface area contributed by atoms with Crippen LogP contribution in [-0.2, 0) is 0 Å². The molecule has 0 spiro atoms. The Hall–Kier alpha value is 0.120. The molecule has 1 aromatic carbocycles. The fraction of sp³-hybridized carbons (Fsp3) is 0.600. The van der Waals surface area contributed by atoms with E-state index in [0.29, 0.717) is 16.6 Å². The summed E-state index contributed by atoms with van der Waals surface area (Å²) < 4.78 is 7.99. The fourth-order valence-corrected chi connectivity index (χ4v) is 8.90. The van der Waals surface area contributed by atoms with Gasteiger partial charge in [-0.15, -0.1) is 0 Å². The van der Waals surface area contributed by atoms with Crippen LogP contribution in [0.4, 0.5) is 0 Å². The van der Waals surface area contributed by atoms with Gasteiger partial charge in [0.2, 0.25) is 0 Å². The van der Waals surface area contributed by atoms with E-state index >= 15 is 0 Å². The average Bonchev–Trinajstić information content (AvgIpc) is 2.26. The summed E-state index contributed by atoms with van der Waals surface area (Å²) in [6.45, 7) is 14.0. The quantitative estimate of drug-likeness (QED) is 0.606. The molecule has 0 saturated carbocycles. The number of hydrogen-bond donors (Lipinski definition) is 0. The molecule has 2 radical (unpaired) electrons. The first kappa shape index (κ1) is 16.2. The van der Waals surface area contributed by atoms with Crippen molar-refractivity contribution in [1.82, 2.24) is 0 Å². The minimum absolute atomic E-state index is 0.631. The molecular weight excluding hydrogens is 433 g/mol. The summed E-state index contributed by atoms with van der Waals surface area (Å²) in [6.07, 6.45) is 0. The van der Waals surface area contributed by atoms with Crippen LogP contribution in [0.2, 0.25) is 16.6 Å². The summed E-state index contributed by atoms with van der Waals surface area (Å²) >= 11 is 1.31. The Morgan fingerprint density at radius 2 is 1.22 bits per heavy atom. The molecule has 0 aromatic heterocycles. The van der Waals surface area contributed by atoms with Crippen LogP contribution in [0.1, 0.15) is 41.5 Å². The van der Waals surface area contributed by atoms with Crippen molar-refractivity contribution in [2.75, 3.05) is 0 Å². The Morgan fingerprint density at radius 3 is 1.56 bits per heavy atom. The Bertz CT molecular complexity index is 349. The van der Waals surface area contributed by atoms with Crippen LogP contribution < -0.4 is 7.70 Å². The standard InChI is InChI=1S/C15H25OSi.Bi/c1-12(2)17(13(3)4,14(5)6)16-15-10-8-7-9-11-15;/h8-14H,1-6H3;. The molecule has 18 heavy (non-hydrogen) atoms. The van der Waals surface area contributed by atoms with Crippen molar-refractivity contribution in [1.29, 1.82) is 0 Å². The maximum absolute atomic E-state index is 6.59. The summed E-state index contributed by atoms with van der Waals surface area (Å²) in [5.74, 6) is 1.06. The van der Waals surface area contributed by atoms with Crippen LogP contribution in [0.25, 0.3) is 0 Å². The van der Waals surface area contributed by atoms with Gasteiger partial charge in [-0.3, -0.25) is 0 Å². The zero-order valence-electron chi connectivity index (χ0n) is 12.4. The molecule has 0 aliphatic rings. The van der Waals surface area contributed by atoms with Crippen LogP contribution in [0.3, 0.4) is 0 Å². The second-order valence-corrected chi connectivity index (χ2v) is 13.3. The van der Waals surface area contributed by atoms with Crippen molar-refractivity contribution >= 4 is 36.3 Å². The van der Waals surface area contributed by atoms with E-state index in [-0.39, 0.29) is 0 Å². The summed E-state index contributed by atoms with van der Waals surface area (Å²) in [5.41, 5.74) is 1.89. The molecule has 3 heteroatoms. The normalized spacial score (nSPS) is 12.6. The van der Waals surface area contributed by atoms with E-state index in [1.165, 1.54) is 28.0 Å². The van der Waals surface area contributed by atoms with Gasteiger partial charge in [0.1, 0.15) is 0 Å². The summed E-state index contributed by atoms with van der Waals surface area (Å²) in [4.78, 5) is 0. The Labute approximate surface area is 128 Å². The monoisotopic (exact) mass is 458 g/mol. The van der Waals surface area contributed by atoms with Crippen LogP contribution in [0.15, 0.2) is 24.3 Å². The molecule has 0 aliphatic carbocycles.